The second-order valence-electron chi connectivity index (χ2n) is 5.63. The highest BCUT2D eigenvalue weighted by molar-refractivity contribution is 8.00. The van der Waals surface area contributed by atoms with E-state index in [1.165, 1.54) is 0 Å². The van der Waals surface area contributed by atoms with Crippen molar-refractivity contribution in [2.24, 2.45) is 5.92 Å². The Morgan fingerprint density at radius 3 is 2.70 bits per heavy atom. The number of hydrogen-bond donors (Lipinski definition) is 3. The van der Waals surface area contributed by atoms with Crippen LogP contribution in [0, 0.1) is 5.92 Å². The average Bonchev–Trinajstić information content (AvgIpc) is 3.15. The zero-order valence-electron chi connectivity index (χ0n) is 12.3. The molecule has 6 heteroatoms. The highest BCUT2D eigenvalue weighted by Gasteiger charge is 2.35. The molecular weight excluding hydrogens is 274 g/mol. The molecule has 0 radical (unpaired) electrons. The largest absolute Gasteiger partial charge is 0.345 e. The van der Waals surface area contributed by atoms with Gasteiger partial charge in [-0.25, -0.2) is 0 Å². The van der Waals surface area contributed by atoms with Crippen LogP contribution in [0.1, 0.15) is 33.1 Å². The van der Waals surface area contributed by atoms with E-state index in [0.29, 0.717) is 0 Å². The molecule has 0 saturated carbocycles. The van der Waals surface area contributed by atoms with Crippen molar-refractivity contribution in [3.63, 3.8) is 0 Å². The summed E-state index contributed by atoms with van der Waals surface area (Å²) >= 11 is 1.64. The number of thioether (sulfide) groups is 1. The smallest absolute Gasteiger partial charge is 0.237 e. The Balaban J connectivity index is 1.98. The number of Topliss-reactive ketones (excluding diaryl/α,β-unsaturated/α-hetero) is 1. The second kappa shape index (κ2) is 7.43. The third-order valence-corrected chi connectivity index (χ3v) is 5.34. The van der Waals surface area contributed by atoms with Crippen molar-refractivity contribution in [3.05, 3.63) is 0 Å². The molecule has 3 N–H and O–H groups in total. The number of nitrogens with one attached hydrogen (secondary N) is 3. The summed E-state index contributed by atoms with van der Waals surface area (Å²) in [6.07, 6.45) is 2.77. The van der Waals surface area contributed by atoms with Crippen LogP contribution in [-0.4, -0.2) is 48.0 Å². The van der Waals surface area contributed by atoms with Crippen LogP contribution in [0.25, 0.3) is 0 Å². The quantitative estimate of drug-likeness (QED) is 0.666. The molecule has 0 spiro atoms. The van der Waals surface area contributed by atoms with Crippen molar-refractivity contribution in [1.82, 2.24) is 16.0 Å². The Labute approximate surface area is 125 Å². The van der Waals surface area contributed by atoms with E-state index >= 15 is 0 Å². The van der Waals surface area contributed by atoms with Crippen LogP contribution in [0.4, 0.5) is 0 Å². The fraction of sp³-hybridized carbons (Fsp3) is 0.857. The number of hydrogen-bond acceptors (Lipinski definition) is 5. The summed E-state index contributed by atoms with van der Waals surface area (Å²) in [5.41, 5.74) is 0. The molecule has 5 nitrogen and oxygen atoms in total. The predicted octanol–water partition coefficient (Wildman–Crippen LogP) is 0.501. The van der Waals surface area contributed by atoms with Gasteiger partial charge >= 0.3 is 0 Å². The van der Waals surface area contributed by atoms with Crippen molar-refractivity contribution < 1.29 is 9.59 Å². The minimum Gasteiger partial charge on any atom is -0.345 e. The minimum atomic E-state index is -0.377. The third-order valence-electron chi connectivity index (χ3n) is 4.17. The summed E-state index contributed by atoms with van der Waals surface area (Å²) in [5.74, 6) is 1.22. The maximum absolute atomic E-state index is 12.6. The molecule has 114 valence electrons. The molecular formula is C14H25N3O2S. The Kier molecular flexibility index (Phi) is 5.86. The first-order chi connectivity index (χ1) is 9.63. The monoisotopic (exact) mass is 299 g/mol. The Hall–Kier alpha value is -0.590. The van der Waals surface area contributed by atoms with Gasteiger partial charge in [0.05, 0.1) is 12.1 Å². The lowest BCUT2D eigenvalue weighted by atomic mass is 9.94. The first-order valence-corrected chi connectivity index (χ1v) is 8.60. The lowest BCUT2D eigenvalue weighted by molar-refractivity contribution is -0.129. The number of carbonyl (C=O) groups excluding carboxylic acids is 2. The van der Waals surface area contributed by atoms with E-state index in [-0.39, 0.29) is 35.1 Å². The maximum atomic E-state index is 12.6. The number of amides is 1. The Morgan fingerprint density at radius 1 is 1.35 bits per heavy atom. The van der Waals surface area contributed by atoms with Gasteiger partial charge in [-0.15, -0.1) is 11.8 Å². The predicted molar refractivity (Wildman–Crippen MR) is 81.7 cm³/mol. The second-order valence-corrected chi connectivity index (χ2v) is 6.84. The molecule has 1 unspecified atom stereocenters. The van der Waals surface area contributed by atoms with E-state index in [9.17, 15) is 9.59 Å². The Morgan fingerprint density at radius 2 is 2.15 bits per heavy atom. The van der Waals surface area contributed by atoms with Crippen LogP contribution >= 0.6 is 11.8 Å². The maximum Gasteiger partial charge on any atom is 0.237 e. The molecule has 0 aromatic heterocycles. The van der Waals surface area contributed by atoms with E-state index in [0.717, 1.165) is 38.1 Å². The van der Waals surface area contributed by atoms with Gasteiger partial charge in [-0.05, 0) is 25.3 Å². The van der Waals surface area contributed by atoms with Crippen LogP contribution in [-0.2, 0) is 9.59 Å². The van der Waals surface area contributed by atoms with E-state index in [1.54, 1.807) is 11.8 Å². The molecule has 0 aromatic rings. The van der Waals surface area contributed by atoms with Crippen LogP contribution < -0.4 is 16.0 Å². The molecule has 2 rings (SSSR count). The zero-order chi connectivity index (χ0) is 14.5. The van der Waals surface area contributed by atoms with Gasteiger partial charge in [0.2, 0.25) is 5.91 Å². The number of carbonyl (C=O) groups is 2. The van der Waals surface area contributed by atoms with Crippen molar-refractivity contribution in [2.75, 3.05) is 18.8 Å². The fourth-order valence-electron chi connectivity index (χ4n) is 2.66. The van der Waals surface area contributed by atoms with Crippen LogP contribution in [0.5, 0.6) is 0 Å². The van der Waals surface area contributed by atoms with Gasteiger partial charge in [0, 0.05) is 12.3 Å². The van der Waals surface area contributed by atoms with Crippen LogP contribution in [0.2, 0.25) is 0 Å². The number of ketones is 1. The van der Waals surface area contributed by atoms with Gasteiger partial charge in [-0.1, -0.05) is 20.3 Å². The zero-order valence-corrected chi connectivity index (χ0v) is 13.1. The van der Waals surface area contributed by atoms with Gasteiger partial charge in [-0.2, -0.15) is 0 Å². The normalized spacial score (nSPS) is 29.1. The highest BCUT2D eigenvalue weighted by Crippen LogP contribution is 2.20. The first kappa shape index (κ1) is 15.8. The van der Waals surface area contributed by atoms with Crippen LogP contribution in [0.15, 0.2) is 0 Å². The summed E-state index contributed by atoms with van der Waals surface area (Å²) in [5, 5.41) is 9.21. The van der Waals surface area contributed by atoms with Crippen molar-refractivity contribution >= 4 is 23.5 Å². The van der Waals surface area contributed by atoms with E-state index in [4.69, 9.17) is 0 Å². The SMILES string of the molecule is CC[C@H](C)[C@H](NC(=O)[C@@H]1CCCN1)C(=O)C1NCCS1. The van der Waals surface area contributed by atoms with Crippen molar-refractivity contribution in [3.8, 4) is 0 Å². The van der Waals surface area contributed by atoms with E-state index < -0.39 is 0 Å². The van der Waals surface area contributed by atoms with Gasteiger partial charge in [0.15, 0.2) is 5.78 Å². The summed E-state index contributed by atoms with van der Waals surface area (Å²) in [6, 6.07) is -0.503. The van der Waals surface area contributed by atoms with Gasteiger partial charge in [0.25, 0.3) is 0 Å². The van der Waals surface area contributed by atoms with Gasteiger partial charge in [-0.3, -0.25) is 14.9 Å². The van der Waals surface area contributed by atoms with Gasteiger partial charge < -0.3 is 10.6 Å². The molecule has 0 aromatic carbocycles. The topological polar surface area (TPSA) is 70.2 Å². The third kappa shape index (κ3) is 3.74. The molecule has 2 fully saturated rings. The molecule has 0 bridgehead atoms. The van der Waals surface area contributed by atoms with E-state index in [2.05, 4.69) is 22.9 Å². The highest BCUT2D eigenvalue weighted by atomic mass is 32.2. The molecule has 0 aliphatic carbocycles. The summed E-state index contributed by atoms with van der Waals surface area (Å²) in [7, 11) is 0. The van der Waals surface area contributed by atoms with E-state index in [1.807, 2.05) is 6.92 Å². The molecule has 1 amide bonds. The molecule has 20 heavy (non-hydrogen) atoms. The standard InChI is InChI=1S/C14H25N3O2S/c1-3-9(2)11(12(18)14-16-7-8-20-14)17-13(19)10-5-4-6-15-10/h9-11,14-16H,3-8H2,1-2H3,(H,17,19)/t9-,10-,11-,14?/m0/s1. The van der Waals surface area contributed by atoms with Crippen LogP contribution in [0.3, 0.4) is 0 Å². The molecule has 2 saturated heterocycles. The average molecular weight is 299 g/mol. The molecule has 2 aliphatic rings. The summed E-state index contributed by atoms with van der Waals surface area (Å²) < 4.78 is 0. The summed E-state index contributed by atoms with van der Waals surface area (Å²) in [6.45, 7) is 5.84. The van der Waals surface area contributed by atoms with Crippen molar-refractivity contribution in [2.45, 2.75) is 50.6 Å². The first-order valence-electron chi connectivity index (χ1n) is 7.56. The molecule has 2 heterocycles. The molecule has 2 aliphatic heterocycles. The summed E-state index contributed by atoms with van der Waals surface area (Å²) in [4.78, 5) is 24.8. The Bertz CT molecular complexity index is 352. The number of rotatable bonds is 6. The minimum absolute atomic E-state index is 0.0239. The molecule has 4 atom stereocenters. The fourth-order valence-corrected chi connectivity index (χ4v) is 3.68. The van der Waals surface area contributed by atoms with Crippen molar-refractivity contribution in [1.29, 1.82) is 0 Å². The van der Waals surface area contributed by atoms with Gasteiger partial charge in [0.1, 0.15) is 5.37 Å². The lowest BCUT2D eigenvalue weighted by Crippen LogP contribution is -2.54. The lowest BCUT2D eigenvalue weighted by Gasteiger charge is -2.26.